The van der Waals surface area contributed by atoms with Gasteiger partial charge < -0.3 is 9.80 Å². The van der Waals surface area contributed by atoms with Gasteiger partial charge in [-0.1, -0.05) is 26.2 Å². The molecule has 0 aliphatic heterocycles. The fourth-order valence-corrected chi connectivity index (χ4v) is 4.43. The molecular weight excluding hydrogens is 350 g/mol. The Kier molecular flexibility index (Phi) is 7.61. The Morgan fingerprint density at radius 2 is 1.69 bits per heavy atom. The average molecular weight is 382 g/mol. The third kappa shape index (κ3) is 5.53. The van der Waals surface area contributed by atoms with Crippen LogP contribution in [0.3, 0.4) is 0 Å². The van der Waals surface area contributed by atoms with E-state index in [4.69, 9.17) is 0 Å². The van der Waals surface area contributed by atoms with Crippen LogP contribution in [-0.2, 0) is 10.0 Å². The average Bonchev–Trinajstić information content (AvgIpc) is 2.66. The molecule has 0 unspecified atom stereocenters. The van der Waals surface area contributed by atoms with Crippen molar-refractivity contribution in [1.82, 2.24) is 14.5 Å². The van der Waals surface area contributed by atoms with Crippen LogP contribution in [0.15, 0.2) is 29.2 Å². The van der Waals surface area contributed by atoms with E-state index in [-0.39, 0.29) is 10.8 Å². The van der Waals surface area contributed by atoms with Gasteiger partial charge in [0.05, 0.1) is 4.90 Å². The van der Waals surface area contributed by atoms with Crippen LogP contribution in [0.1, 0.15) is 49.4 Å². The number of rotatable bonds is 8. The van der Waals surface area contributed by atoms with Gasteiger partial charge in [0.15, 0.2) is 0 Å². The number of carbonyl (C=O) groups is 1. The maximum atomic E-state index is 12.6. The van der Waals surface area contributed by atoms with Crippen LogP contribution in [-0.4, -0.2) is 63.9 Å². The van der Waals surface area contributed by atoms with E-state index in [0.29, 0.717) is 24.7 Å². The Morgan fingerprint density at radius 3 is 2.27 bits per heavy atom. The molecule has 26 heavy (non-hydrogen) atoms. The minimum absolute atomic E-state index is 0.0885. The lowest BCUT2D eigenvalue weighted by Gasteiger charge is -2.32. The number of amides is 1. The highest BCUT2D eigenvalue weighted by Crippen LogP contribution is 2.21. The molecule has 0 heterocycles. The molecule has 0 bridgehead atoms. The summed E-state index contributed by atoms with van der Waals surface area (Å²) in [5, 5.41) is 0. The number of hydrogen-bond acceptors (Lipinski definition) is 4. The Hall–Kier alpha value is -1.44. The fourth-order valence-electron chi connectivity index (χ4n) is 3.38. The summed E-state index contributed by atoms with van der Waals surface area (Å²) in [6.07, 6.45) is 6.42. The lowest BCUT2D eigenvalue weighted by Crippen LogP contribution is -2.40. The maximum absolute atomic E-state index is 12.6. The van der Waals surface area contributed by atoms with Gasteiger partial charge in [-0.2, -0.15) is 0 Å². The van der Waals surface area contributed by atoms with Crippen molar-refractivity contribution in [2.45, 2.75) is 50.0 Å². The highest BCUT2D eigenvalue weighted by Gasteiger charge is 2.20. The van der Waals surface area contributed by atoms with Crippen molar-refractivity contribution < 1.29 is 13.2 Å². The Labute approximate surface area is 157 Å². The first kappa shape index (κ1) is 20.9. The molecule has 1 saturated carbocycles. The van der Waals surface area contributed by atoms with Crippen LogP contribution < -0.4 is 4.72 Å². The minimum atomic E-state index is -3.49. The summed E-state index contributed by atoms with van der Waals surface area (Å²) in [6, 6.07) is 6.74. The van der Waals surface area contributed by atoms with Crippen LogP contribution in [0.4, 0.5) is 0 Å². The summed E-state index contributed by atoms with van der Waals surface area (Å²) in [4.78, 5) is 16.8. The van der Waals surface area contributed by atoms with E-state index in [9.17, 15) is 13.2 Å². The summed E-state index contributed by atoms with van der Waals surface area (Å²) >= 11 is 0. The van der Waals surface area contributed by atoms with Gasteiger partial charge in [-0.25, -0.2) is 13.1 Å². The van der Waals surface area contributed by atoms with E-state index in [0.717, 1.165) is 6.54 Å². The molecule has 7 heteroatoms. The van der Waals surface area contributed by atoms with E-state index in [1.165, 1.54) is 44.2 Å². The van der Waals surface area contributed by atoms with Gasteiger partial charge in [-0.15, -0.1) is 0 Å². The highest BCUT2D eigenvalue weighted by atomic mass is 32.2. The highest BCUT2D eigenvalue weighted by molar-refractivity contribution is 7.89. The fraction of sp³-hybridized carbons (Fsp3) is 0.632. The third-order valence-electron chi connectivity index (χ3n) is 5.08. The normalized spacial score (nSPS) is 16.0. The van der Waals surface area contributed by atoms with Gasteiger partial charge in [-0.05, 0) is 44.2 Å². The molecule has 1 fully saturated rings. The molecule has 6 nitrogen and oxygen atoms in total. The van der Waals surface area contributed by atoms with Gasteiger partial charge in [0.25, 0.3) is 5.91 Å². The quantitative estimate of drug-likeness (QED) is 0.750. The molecule has 0 spiro atoms. The largest absolute Gasteiger partial charge is 0.340 e. The van der Waals surface area contributed by atoms with Crippen LogP contribution in [0.2, 0.25) is 0 Å². The maximum Gasteiger partial charge on any atom is 0.253 e. The van der Waals surface area contributed by atoms with Crippen LogP contribution in [0.5, 0.6) is 0 Å². The summed E-state index contributed by atoms with van der Waals surface area (Å²) < 4.78 is 26.4. The molecule has 1 aromatic rings. The van der Waals surface area contributed by atoms with Gasteiger partial charge in [0, 0.05) is 38.3 Å². The molecular formula is C19H31N3O3S. The Balaban J connectivity index is 1.91. The number of sulfonamides is 1. The third-order valence-corrected chi connectivity index (χ3v) is 6.64. The van der Waals surface area contributed by atoms with E-state index >= 15 is 0 Å². The second kappa shape index (κ2) is 9.48. The monoisotopic (exact) mass is 381 g/mol. The molecule has 0 saturated heterocycles. The summed E-state index contributed by atoms with van der Waals surface area (Å²) in [7, 11) is 0.437. The minimum Gasteiger partial charge on any atom is -0.340 e. The zero-order chi connectivity index (χ0) is 19.2. The van der Waals surface area contributed by atoms with Crippen molar-refractivity contribution >= 4 is 15.9 Å². The number of likely N-dealkylation sites (N-methyl/N-ethyl adjacent to an activating group) is 2. The van der Waals surface area contributed by atoms with Crippen LogP contribution in [0.25, 0.3) is 0 Å². The van der Waals surface area contributed by atoms with Gasteiger partial charge in [0.2, 0.25) is 10.0 Å². The second-order valence-corrected chi connectivity index (χ2v) is 8.79. The first-order valence-corrected chi connectivity index (χ1v) is 10.9. The molecule has 1 aromatic carbocycles. The first-order chi connectivity index (χ1) is 12.3. The first-order valence-electron chi connectivity index (χ1n) is 9.40. The predicted molar refractivity (Wildman–Crippen MR) is 104 cm³/mol. The number of carbonyl (C=O) groups excluding carboxylic acids is 1. The molecule has 2 rings (SSSR count). The van der Waals surface area contributed by atoms with Crippen LogP contribution >= 0.6 is 0 Å². The smallest absolute Gasteiger partial charge is 0.253 e. The van der Waals surface area contributed by atoms with Crippen molar-refractivity contribution in [2.24, 2.45) is 0 Å². The van der Waals surface area contributed by atoms with Gasteiger partial charge >= 0.3 is 0 Å². The molecule has 1 aliphatic rings. The SMILES string of the molecule is CCNS(=O)(=O)c1ccc(C(=O)N(C)CCN(C)C2CCCCC2)cc1. The molecule has 0 atom stereocenters. The zero-order valence-electron chi connectivity index (χ0n) is 16.1. The molecule has 1 amide bonds. The zero-order valence-corrected chi connectivity index (χ0v) is 16.9. The standard InChI is InChI=1S/C19H31N3O3S/c1-4-20-26(24,25)18-12-10-16(11-13-18)19(23)22(3)15-14-21(2)17-8-6-5-7-9-17/h10-13,17,20H,4-9,14-15H2,1-3H3. The summed E-state index contributed by atoms with van der Waals surface area (Å²) in [5.74, 6) is -0.0885. The number of nitrogens with zero attached hydrogens (tertiary/aromatic N) is 2. The molecule has 0 aromatic heterocycles. The van der Waals surface area contributed by atoms with Crippen molar-refractivity contribution in [2.75, 3.05) is 33.7 Å². The van der Waals surface area contributed by atoms with Crippen molar-refractivity contribution in [1.29, 1.82) is 0 Å². The van der Waals surface area contributed by atoms with Gasteiger partial charge in [-0.3, -0.25) is 4.79 Å². The van der Waals surface area contributed by atoms with E-state index in [2.05, 4.69) is 16.7 Å². The molecule has 1 N–H and O–H groups in total. The van der Waals surface area contributed by atoms with Crippen molar-refractivity contribution in [3.8, 4) is 0 Å². The number of benzene rings is 1. The molecule has 0 radical (unpaired) electrons. The predicted octanol–water partition coefficient (Wildman–Crippen LogP) is 2.32. The molecule has 146 valence electrons. The van der Waals surface area contributed by atoms with Gasteiger partial charge in [0.1, 0.15) is 0 Å². The number of hydrogen-bond donors (Lipinski definition) is 1. The summed E-state index contributed by atoms with van der Waals surface area (Å²) in [6.45, 7) is 3.57. The van der Waals surface area contributed by atoms with Crippen LogP contribution in [0, 0.1) is 0 Å². The lowest BCUT2D eigenvalue weighted by atomic mass is 9.94. The summed E-state index contributed by atoms with van der Waals surface area (Å²) in [5.41, 5.74) is 0.503. The van der Waals surface area contributed by atoms with Crippen molar-refractivity contribution in [3.05, 3.63) is 29.8 Å². The Morgan fingerprint density at radius 1 is 1.08 bits per heavy atom. The topological polar surface area (TPSA) is 69.7 Å². The van der Waals surface area contributed by atoms with E-state index in [1.807, 2.05) is 0 Å². The van der Waals surface area contributed by atoms with Crippen molar-refractivity contribution in [3.63, 3.8) is 0 Å². The van der Waals surface area contributed by atoms with E-state index in [1.54, 1.807) is 31.0 Å². The lowest BCUT2D eigenvalue weighted by molar-refractivity contribution is 0.0767. The van der Waals surface area contributed by atoms with E-state index < -0.39 is 10.0 Å². The Bertz CT molecular complexity index is 682. The second-order valence-electron chi connectivity index (χ2n) is 7.02. The molecule has 1 aliphatic carbocycles. The number of nitrogens with one attached hydrogen (secondary N) is 1.